The lowest BCUT2D eigenvalue weighted by molar-refractivity contribution is 0.231. The van der Waals surface area contributed by atoms with Crippen molar-refractivity contribution in [2.24, 2.45) is 5.92 Å². The Hall–Kier alpha value is -0.430. The number of piperidine rings is 1. The Kier molecular flexibility index (Phi) is 5.82. The van der Waals surface area contributed by atoms with Gasteiger partial charge in [0, 0.05) is 24.0 Å². The van der Waals surface area contributed by atoms with Gasteiger partial charge < -0.3 is 5.32 Å². The van der Waals surface area contributed by atoms with Crippen molar-refractivity contribution in [1.82, 2.24) is 9.62 Å². The van der Waals surface area contributed by atoms with Gasteiger partial charge in [-0.2, -0.15) is 4.31 Å². The molecule has 1 saturated heterocycles. The molecule has 1 aromatic heterocycles. The minimum Gasteiger partial charge on any atom is -0.314 e. The third-order valence-electron chi connectivity index (χ3n) is 4.23. The van der Waals surface area contributed by atoms with Crippen LogP contribution in [0.3, 0.4) is 0 Å². The minimum atomic E-state index is -3.28. The van der Waals surface area contributed by atoms with Crippen LogP contribution in [0.15, 0.2) is 16.3 Å². The highest BCUT2D eigenvalue weighted by Gasteiger charge is 2.31. The fraction of sp³-hybridized carbons (Fsp3) is 0.733. The van der Waals surface area contributed by atoms with Crippen molar-refractivity contribution in [2.45, 2.75) is 50.3 Å². The molecule has 1 N–H and O–H groups in total. The molecule has 1 aliphatic heterocycles. The van der Waals surface area contributed by atoms with Crippen molar-refractivity contribution in [3.8, 4) is 0 Å². The van der Waals surface area contributed by atoms with Crippen LogP contribution >= 0.6 is 11.3 Å². The molecule has 1 fully saturated rings. The van der Waals surface area contributed by atoms with Crippen LogP contribution < -0.4 is 5.32 Å². The summed E-state index contributed by atoms with van der Waals surface area (Å²) in [6, 6.07) is 4.08. The molecule has 2 rings (SSSR count). The van der Waals surface area contributed by atoms with Gasteiger partial charge in [-0.25, -0.2) is 8.42 Å². The average molecular weight is 331 g/mol. The molecule has 1 aromatic rings. The monoisotopic (exact) mass is 330 g/mol. The van der Waals surface area contributed by atoms with Gasteiger partial charge >= 0.3 is 0 Å². The fourth-order valence-corrected chi connectivity index (χ4v) is 5.74. The molecule has 120 valence electrons. The fourth-order valence-electron chi connectivity index (χ4n) is 2.83. The molecular formula is C15H26N2O2S2. The number of thiophene rings is 1. The van der Waals surface area contributed by atoms with E-state index in [-0.39, 0.29) is 0 Å². The first-order valence-electron chi connectivity index (χ1n) is 7.75. The smallest absolute Gasteiger partial charge is 0.252 e. The van der Waals surface area contributed by atoms with E-state index in [1.165, 1.54) is 11.3 Å². The molecule has 0 spiro atoms. The zero-order valence-electron chi connectivity index (χ0n) is 13.1. The van der Waals surface area contributed by atoms with Crippen molar-refractivity contribution in [2.75, 3.05) is 19.6 Å². The summed E-state index contributed by atoms with van der Waals surface area (Å²) in [4.78, 5) is 1.04. The highest BCUT2D eigenvalue weighted by atomic mass is 32.2. The maximum absolute atomic E-state index is 12.6. The van der Waals surface area contributed by atoms with E-state index < -0.39 is 10.0 Å². The summed E-state index contributed by atoms with van der Waals surface area (Å²) in [6.45, 7) is 8.64. The molecule has 0 aromatic carbocycles. The van der Waals surface area contributed by atoms with E-state index in [0.717, 1.165) is 30.7 Å². The molecule has 0 saturated carbocycles. The Morgan fingerprint density at radius 1 is 1.38 bits per heavy atom. The normalized spacial score (nSPS) is 19.8. The van der Waals surface area contributed by atoms with Crippen molar-refractivity contribution in [3.63, 3.8) is 0 Å². The quantitative estimate of drug-likeness (QED) is 0.872. The second kappa shape index (κ2) is 7.22. The maximum Gasteiger partial charge on any atom is 0.252 e. The third-order valence-corrected chi connectivity index (χ3v) is 7.60. The Balaban J connectivity index is 1.94. The van der Waals surface area contributed by atoms with Crippen molar-refractivity contribution in [1.29, 1.82) is 0 Å². The lowest BCUT2D eigenvalue weighted by atomic mass is 9.91. The predicted octanol–water partition coefficient (Wildman–Crippen LogP) is 2.85. The van der Waals surface area contributed by atoms with Gasteiger partial charge in [0.05, 0.1) is 0 Å². The van der Waals surface area contributed by atoms with E-state index in [1.807, 2.05) is 13.0 Å². The summed E-state index contributed by atoms with van der Waals surface area (Å²) in [5.74, 6) is 0.577. The van der Waals surface area contributed by atoms with Crippen LogP contribution in [0.25, 0.3) is 0 Å². The van der Waals surface area contributed by atoms with Crippen molar-refractivity contribution < 1.29 is 8.42 Å². The van der Waals surface area contributed by atoms with Gasteiger partial charge in [0.1, 0.15) is 4.21 Å². The van der Waals surface area contributed by atoms with E-state index in [2.05, 4.69) is 19.2 Å². The Morgan fingerprint density at radius 3 is 2.57 bits per heavy atom. The Bertz CT molecular complexity index is 546. The average Bonchev–Trinajstić information content (AvgIpc) is 2.92. The number of nitrogens with zero attached hydrogens (tertiary/aromatic N) is 1. The summed E-state index contributed by atoms with van der Waals surface area (Å²) < 4.78 is 27.3. The maximum atomic E-state index is 12.6. The Labute approximate surface area is 132 Å². The summed E-state index contributed by atoms with van der Waals surface area (Å²) in [6.07, 6.45) is 3.03. The highest BCUT2D eigenvalue weighted by Crippen LogP contribution is 2.29. The number of hydrogen-bond donors (Lipinski definition) is 1. The minimum absolute atomic E-state index is 0.471. The Morgan fingerprint density at radius 2 is 2.05 bits per heavy atom. The molecule has 0 radical (unpaired) electrons. The van der Waals surface area contributed by atoms with Crippen LogP contribution in [0.1, 0.15) is 38.0 Å². The van der Waals surface area contributed by atoms with Gasteiger partial charge in [-0.15, -0.1) is 11.3 Å². The van der Waals surface area contributed by atoms with E-state index in [4.69, 9.17) is 0 Å². The molecule has 0 aliphatic carbocycles. The standard InChI is InChI=1S/C15H26N2O2S2/c1-4-9-16-13(3)14-7-10-17(11-8-14)21(18,19)15-6-5-12(2)20-15/h5-6,13-14,16H,4,7-11H2,1-3H3. The van der Waals surface area contributed by atoms with Crippen LogP contribution in [0, 0.1) is 12.8 Å². The number of nitrogens with one attached hydrogen (secondary N) is 1. The van der Waals surface area contributed by atoms with Gasteiger partial charge in [-0.1, -0.05) is 6.92 Å². The molecule has 1 aliphatic rings. The first kappa shape index (κ1) is 16.9. The van der Waals surface area contributed by atoms with Crippen molar-refractivity contribution in [3.05, 3.63) is 17.0 Å². The predicted molar refractivity (Wildman–Crippen MR) is 88.3 cm³/mol. The van der Waals surface area contributed by atoms with Crippen LogP contribution in [0.5, 0.6) is 0 Å². The van der Waals surface area contributed by atoms with Crippen LogP contribution in [-0.4, -0.2) is 38.4 Å². The van der Waals surface area contributed by atoms with Crippen LogP contribution in [0.2, 0.25) is 0 Å². The second-order valence-electron chi connectivity index (χ2n) is 5.85. The molecular weight excluding hydrogens is 304 g/mol. The topological polar surface area (TPSA) is 49.4 Å². The first-order valence-corrected chi connectivity index (χ1v) is 10.0. The molecule has 2 heterocycles. The third kappa shape index (κ3) is 4.06. The number of hydrogen-bond acceptors (Lipinski definition) is 4. The number of sulfonamides is 1. The summed E-state index contributed by atoms with van der Waals surface area (Å²) in [5, 5.41) is 3.52. The van der Waals surface area contributed by atoms with Crippen molar-refractivity contribution >= 4 is 21.4 Å². The van der Waals surface area contributed by atoms with E-state index in [1.54, 1.807) is 10.4 Å². The molecule has 21 heavy (non-hydrogen) atoms. The SMILES string of the molecule is CCCNC(C)C1CCN(S(=O)(=O)c2ccc(C)s2)CC1. The van der Waals surface area contributed by atoms with Crippen LogP contribution in [-0.2, 0) is 10.0 Å². The lowest BCUT2D eigenvalue weighted by Crippen LogP contribution is -2.44. The first-order chi connectivity index (χ1) is 9.95. The van der Waals surface area contributed by atoms with Crippen LogP contribution in [0.4, 0.5) is 0 Å². The summed E-state index contributed by atoms with van der Waals surface area (Å²) >= 11 is 1.36. The summed E-state index contributed by atoms with van der Waals surface area (Å²) in [5.41, 5.74) is 0. The van der Waals surface area contributed by atoms with Gasteiger partial charge in [-0.05, 0) is 57.7 Å². The lowest BCUT2D eigenvalue weighted by Gasteiger charge is -2.34. The zero-order chi connectivity index (χ0) is 15.5. The molecule has 4 nitrogen and oxygen atoms in total. The van der Waals surface area contributed by atoms with Gasteiger partial charge in [0.25, 0.3) is 10.0 Å². The van der Waals surface area contributed by atoms with E-state index in [9.17, 15) is 8.42 Å². The molecule has 0 bridgehead atoms. The largest absolute Gasteiger partial charge is 0.314 e. The molecule has 6 heteroatoms. The van der Waals surface area contributed by atoms with Gasteiger partial charge in [-0.3, -0.25) is 0 Å². The number of aryl methyl sites for hydroxylation is 1. The molecule has 1 unspecified atom stereocenters. The van der Waals surface area contributed by atoms with Gasteiger partial charge in [0.2, 0.25) is 0 Å². The van der Waals surface area contributed by atoms with Gasteiger partial charge in [0.15, 0.2) is 0 Å². The van der Waals surface area contributed by atoms with E-state index in [0.29, 0.717) is 29.3 Å². The number of rotatable bonds is 6. The molecule has 0 amide bonds. The highest BCUT2D eigenvalue weighted by molar-refractivity contribution is 7.91. The van der Waals surface area contributed by atoms with E-state index >= 15 is 0 Å². The summed E-state index contributed by atoms with van der Waals surface area (Å²) in [7, 11) is -3.28. The zero-order valence-corrected chi connectivity index (χ0v) is 14.8. The molecule has 1 atom stereocenters. The second-order valence-corrected chi connectivity index (χ2v) is 9.30.